The molecule has 1 aliphatic heterocycles. The van der Waals surface area contributed by atoms with E-state index in [2.05, 4.69) is 0 Å². The van der Waals surface area contributed by atoms with E-state index in [1.807, 2.05) is 0 Å². The van der Waals surface area contributed by atoms with Gasteiger partial charge in [0.15, 0.2) is 5.75 Å². The number of nitrogens with zero attached hydrogens (tertiary/aromatic N) is 2. The minimum Gasteiger partial charge on any atom is -0.502 e. The van der Waals surface area contributed by atoms with Crippen LogP contribution in [0.3, 0.4) is 0 Å². The number of likely N-dealkylation sites (tertiary alicyclic amines) is 1. The number of fused-ring (bicyclic) bond motifs is 1. The summed E-state index contributed by atoms with van der Waals surface area (Å²) < 4.78 is 1.86. The number of carboxylic acid groups (broad SMARTS) is 1. The average molecular weight is 350 g/mol. The lowest BCUT2D eigenvalue weighted by atomic mass is 9.96. The Labute approximate surface area is 141 Å². The minimum atomic E-state index is -1.31. The summed E-state index contributed by atoms with van der Waals surface area (Å²) in [4.78, 5) is 37.0. The Morgan fingerprint density at radius 3 is 2.58 bits per heavy atom. The number of rotatable bonds is 3. The summed E-state index contributed by atoms with van der Waals surface area (Å²) in [6.45, 7) is 3.26. The smallest absolute Gasteiger partial charge is 0.341 e. The highest BCUT2D eigenvalue weighted by molar-refractivity contribution is 7.17. The fraction of sp³-hybridized carbons (Fsp3) is 0.438. The van der Waals surface area contributed by atoms with Crippen LogP contribution in [0.2, 0.25) is 0 Å². The molecule has 0 unspecified atom stereocenters. The summed E-state index contributed by atoms with van der Waals surface area (Å²) in [5.41, 5.74) is -0.464. The predicted octanol–water partition coefficient (Wildman–Crippen LogP) is 1.73. The van der Waals surface area contributed by atoms with Gasteiger partial charge >= 0.3 is 5.97 Å². The lowest BCUT2D eigenvalue weighted by Crippen LogP contribution is -2.39. The van der Waals surface area contributed by atoms with Crippen molar-refractivity contribution in [2.24, 2.45) is 5.92 Å². The van der Waals surface area contributed by atoms with Gasteiger partial charge in [-0.3, -0.25) is 9.59 Å². The van der Waals surface area contributed by atoms with Crippen LogP contribution in [0.15, 0.2) is 16.2 Å². The molecule has 7 nitrogen and oxygen atoms in total. The zero-order valence-corrected chi connectivity index (χ0v) is 14.0. The molecule has 1 amide bonds. The van der Waals surface area contributed by atoms with Crippen LogP contribution in [-0.4, -0.2) is 44.6 Å². The minimum absolute atomic E-state index is 0.0503. The SMILES string of the molecule is CC(=O)N1CCC(Cn2c(=O)c(O)c(C(=O)O)c3sccc32)CC1. The molecule has 3 heterocycles. The second-order valence-electron chi connectivity index (χ2n) is 6.03. The highest BCUT2D eigenvalue weighted by Gasteiger charge is 2.25. The van der Waals surface area contributed by atoms with E-state index in [0.29, 0.717) is 29.9 Å². The molecule has 0 atom stereocenters. The molecular formula is C16H18N2O5S. The van der Waals surface area contributed by atoms with Crippen molar-refractivity contribution in [1.82, 2.24) is 9.47 Å². The molecule has 1 fully saturated rings. The van der Waals surface area contributed by atoms with Crippen molar-refractivity contribution in [3.63, 3.8) is 0 Å². The maximum absolute atomic E-state index is 12.4. The summed E-state index contributed by atoms with van der Waals surface area (Å²) in [5.74, 6) is -1.76. The molecule has 3 rings (SSSR count). The molecule has 0 aliphatic carbocycles. The fourth-order valence-corrected chi connectivity index (χ4v) is 4.16. The lowest BCUT2D eigenvalue weighted by molar-refractivity contribution is -0.130. The zero-order chi connectivity index (χ0) is 17.4. The van der Waals surface area contributed by atoms with Gasteiger partial charge < -0.3 is 19.7 Å². The Morgan fingerprint density at radius 2 is 2.00 bits per heavy atom. The topological polar surface area (TPSA) is 99.8 Å². The molecule has 0 saturated carbocycles. The van der Waals surface area contributed by atoms with Gasteiger partial charge in [0.1, 0.15) is 5.56 Å². The van der Waals surface area contributed by atoms with Gasteiger partial charge in [-0.05, 0) is 30.2 Å². The number of amides is 1. The van der Waals surface area contributed by atoms with E-state index in [0.717, 1.165) is 12.8 Å². The molecule has 0 aromatic carbocycles. The average Bonchev–Trinajstić information content (AvgIpc) is 3.00. The number of aromatic carboxylic acids is 1. The highest BCUT2D eigenvalue weighted by atomic mass is 32.1. The molecule has 2 aromatic rings. The van der Waals surface area contributed by atoms with Crippen molar-refractivity contribution in [1.29, 1.82) is 0 Å². The number of aromatic hydroxyl groups is 1. The molecule has 0 bridgehead atoms. The summed E-state index contributed by atoms with van der Waals surface area (Å²) in [5, 5.41) is 21.0. The molecule has 0 spiro atoms. The molecular weight excluding hydrogens is 332 g/mol. The summed E-state index contributed by atoms with van der Waals surface area (Å²) >= 11 is 1.19. The van der Waals surface area contributed by atoms with E-state index in [9.17, 15) is 24.6 Å². The Bertz CT molecular complexity index is 861. The van der Waals surface area contributed by atoms with Crippen molar-refractivity contribution in [3.05, 3.63) is 27.4 Å². The molecule has 0 radical (unpaired) electrons. The quantitative estimate of drug-likeness (QED) is 0.878. The first kappa shape index (κ1) is 16.5. The maximum atomic E-state index is 12.4. The van der Waals surface area contributed by atoms with E-state index < -0.39 is 17.3 Å². The van der Waals surface area contributed by atoms with Crippen LogP contribution in [0.5, 0.6) is 5.75 Å². The molecule has 2 N–H and O–H groups in total. The third-order valence-corrected chi connectivity index (χ3v) is 5.48. The Balaban J connectivity index is 1.94. The van der Waals surface area contributed by atoms with Gasteiger partial charge in [-0.1, -0.05) is 0 Å². The van der Waals surface area contributed by atoms with Gasteiger partial charge in [0.05, 0.1) is 10.2 Å². The van der Waals surface area contributed by atoms with Crippen molar-refractivity contribution < 1.29 is 19.8 Å². The Hall–Kier alpha value is -2.35. The van der Waals surface area contributed by atoms with Gasteiger partial charge in [-0.25, -0.2) is 4.79 Å². The highest BCUT2D eigenvalue weighted by Crippen LogP contribution is 2.30. The lowest BCUT2D eigenvalue weighted by Gasteiger charge is -2.31. The first-order valence-corrected chi connectivity index (χ1v) is 8.60. The second-order valence-corrected chi connectivity index (χ2v) is 6.95. The van der Waals surface area contributed by atoms with Gasteiger partial charge in [-0.15, -0.1) is 11.3 Å². The van der Waals surface area contributed by atoms with Crippen molar-refractivity contribution in [3.8, 4) is 5.75 Å². The van der Waals surface area contributed by atoms with Crippen LogP contribution in [0.4, 0.5) is 0 Å². The predicted molar refractivity (Wildman–Crippen MR) is 89.7 cm³/mol. The number of piperidine rings is 1. The van der Waals surface area contributed by atoms with Crippen molar-refractivity contribution in [2.45, 2.75) is 26.3 Å². The van der Waals surface area contributed by atoms with Gasteiger partial charge in [-0.2, -0.15) is 0 Å². The second kappa shape index (κ2) is 6.27. The number of carboxylic acids is 1. The number of thiophene rings is 1. The van der Waals surface area contributed by atoms with E-state index in [4.69, 9.17) is 0 Å². The van der Waals surface area contributed by atoms with E-state index in [-0.39, 0.29) is 17.4 Å². The van der Waals surface area contributed by atoms with Crippen LogP contribution in [0, 0.1) is 5.92 Å². The third-order valence-electron chi connectivity index (χ3n) is 4.56. The van der Waals surface area contributed by atoms with Gasteiger partial charge in [0.2, 0.25) is 5.91 Å². The maximum Gasteiger partial charge on any atom is 0.341 e. The van der Waals surface area contributed by atoms with Crippen LogP contribution < -0.4 is 5.56 Å². The summed E-state index contributed by atoms with van der Waals surface area (Å²) in [6.07, 6.45) is 1.55. The molecule has 1 saturated heterocycles. The fourth-order valence-electron chi connectivity index (χ4n) is 3.22. The summed E-state index contributed by atoms with van der Waals surface area (Å²) in [6, 6.07) is 1.71. The van der Waals surface area contributed by atoms with Crippen LogP contribution in [-0.2, 0) is 11.3 Å². The van der Waals surface area contributed by atoms with E-state index in [1.54, 1.807) is 23.3 Å². The van der Waals surface area contributed by atoms with Crippen molar-refractivity contribution >= 4 is 33.4 Å². The Kier molecular flexibility index (Phi) is 4.31. The first-order chi connectivity index (χ1) is 11.4. The molecule has 2 aromatic heterocycles. The van der Waals surface area contributed by atoms with E-state index in [1.165, 1.54) is 15.9 Å². The van der Waals surface area contributed by atoms with Gasteiger partial charge in [0, 0.05) is 26.6 Å². The normalized spacial score (nSPS) is 15.8. The molecule has 1 aliphatic rings. The first-order valence-electron chi connectivity index (χ1n) is 7.72. The van der Waals surface area contributed by atoms with Crippen LogP contribution >= 0.6 is 11.3 Å². The van der Waals surface area contributed by atoms with Crippen LogP contribution in [0.25, 0.3) is 10.2 Å². The van der Waals surface area contributed by atoms with E-state index >= 15 is 0 Å². The number of pyridine rings is 1. The molecule has 8 heteroatoms. The van der Waals surface area contributed by atoms with Gasteiger partial charge in [0.25, 0.3) is 5.56 Å². The van der Waals surface area contributed by atoms with Crippen LogP contribution in [0.1, 0.15) is 30.1 Å². The molecule has 128 valence electrons. The zero-order valence-electron chi connectivity index (χ0n) is 13.2. The standard InChI is InChI=1S/C16H18N2O5S/c1-9(19)17-5-2-10(3-6-17)8-18-11-4-7-24-14(11)12(16(22)23)13(20)15(18)21/h4,7,10,20H,2-3,5-6,8H2,1H3,(H,22,23). The number of hydrogen-bond acceptors (Lipinski definition) is 5. The largest absolute Gasteiger partial charge is 0.502 e. The monoisotopic (exact) mass is 350 g/mol. The third kappa shape index (κ3) is 2.77. The number of carbonyl (C=O) groups is 2. The number of carbonyl (C=O) groups excluding carboxylic acids is 1. The van der Waals surface area contributed by atoms with Crippen molar-refractivity contribution in [2.75, 3.05) is 13.1 Å². The number of hydrogen-bond donors (Lipinski definition) is 2. The Morgan fingerprint density at radius 1 is 1.33 bits per heavy atom. The summed E-state index contributed by atoms with van der Waals surface area (Å²) in [7, 11) is 0. The molecule has 24 heavy (non-hydrogen) atoms. The number of aromatic nitrogens is 1.